The van der Waals surface area contributed by atoms with Crippen molar-refractivity contribution < 1.29 is 14.3 Å². The third-order valence-electron chi connectivity index (χ3n) is 1.93. The van der Waals surface area contributed by atoms with E-state index in [1.807, 2.05) is 0 Å². The van der Waals surface area contributed by atoms with Gasteiger partial charge in [-0.15, -0.1) is 0 Å². The number of carbonyl (C=O) groups is 2. The Balaban J connectivity index is 2.52. The van der Waals surface area contributed by atoms with E-state index in [9.17, 15) is 9.59 Å². The molecule has 1 rings (SSSR count). The van der Waals surface area contributed by atoms with Crippen molar-refractivity contribution in [1.82, 2.24) is 4.98 Å². The zero-order chi connectivity index (χ0) is 12.2. The minimum absolute atomic E-state index is 0.234. The third kappa shape index (κ3) is 3.46. The van der Waals surface area contributed by atoms with Crippen LogP contribution in [0.5, 0.6) is 0 Å². The Morgan fingerprint density at radius 2 is 2.06 bits per heavy atom. The molecule has 0 aliphatic heterocycles. The van der Waals surface area contributed by atoms with Gasteiger partial charge in [-0.2, -0.15) is 0 Å². The van der Waals surface area contributed by atoms with Crippen molar-refractivity contribution >= 4 is 11.8 Å². The first kappa shape index (κ1) is 12.4. The SMILES string of the molecule is CC(C)(C)C(=O)OCC(=O)c1cccnc1. The first-order valence-corrected chi connectivity index (χ1v) is 5.02. The molecule has 0 saturated heterocycles. The van der Waals surface area contributed by atoms with Crippen LogP contribution in [0.15, 0.2) is 24.5 Å². The van der Waals surface area contributed by atoms with Crippen molar-refractivity contribution in [3.8, 4) is 0 Å². The summed E-state index contributed by atoms with van der Waals surface area (Å²) >= 11 is 0. The van der Waals surface area contributed by atoms with Crippen LogP contribution in [-0.2, 0) is 9.53 Å². The average Bonchev–Trinajstić information content (AvgIpc) is 2.25. The van der Waals surface area contributed by atoms with Gasteiger partial charge in [0.2, 0.25) is 5.78 Å². The van der Waals surface area contributed by atoms with E-state index in [4.69, 9.17) is 4.74 Å². The second-order valence-electron chi connectivity index (χ2n) is 4.49. The van der Waals surface area contributed by atoms with E-state index in [2.05, 4.69) is 4.98 Å². The largest absolute Gasteiger partial charge is 0.457 e. The number of nitrogens with zero attached hydrogens (tertiary/aromatic N) is 1. The van der Waals surface area contributed by atoms with Crippen molar-refractivity contribution in [2.24, 2.45) is 5.41 Å². The van der Waals surface area contributed by atoms with Gasteiger partial charge in [0.25, 0.3) is 0 Å². The van der Waals surface area contributed by atoms with Crippen LogP contribution in [-0.4, -0.2) is 23.3 Å². The molecule has 16 heavy (non-hydrogen) atoms. The van der Waals surface area contributed by atoms with Crippen LogP contribution >= 0.6 is 0 Å². The summed E-state index contributed by atoms with van der Waals surface area (Å²) in [6.45, 7) is 4.99. The predicted molar refractivity (Wildman–Crippen MR) is 59.0 cm³/mol. The molecule has 1 aromatic heterocycles. The Labute approximate surface area is 94.6 Å². The van der Waals surface area contributed by atoms with Gasteiger partial charge in [-0.05, 0) is 32.9 Å². The first-order chi connectivity index (χ1) is 7.41. The van der Waals surface area contributed by atoms with E-state index in [0.29, 0.717) is 5.56 Å². The maximum absolute atomic E-state index is 11.6. The summed E-state index contributed by atoms with van der Waals surface area (Å²) in [6.07, 6.45) is 3.03. The van der Waals surface area contributed by atoms with E-state index < -0.39 is 5.41 Å². The Morgan fingerprint density at radius 3 is 2.56 bits per heavy atom. The standard InChI is InChI=1S/C12H15NO3/c1-12(2,3)11(15)16-8-10(14)9-5-4-6-13-7-9/h4-7H,8H2,1-3H3. The molecule has 0 aliphatic carbocycles. The second-order valence-corrected chi connectivity index (χ2v) is 4.49. The quantitative estimate of drug-likeness (QED) is 0.577. The average molecular weight is 221 g/mol. The normalized spacial score (nSPS) is 10.9. The highest BCUT2D eigenvalue weighted by Crippen LogP contribution is 2.15. The molecule has 1 aromatic rings. The highest BCUT2D eigenvalue weighted by atomic mass is 16.5. The Bertz CT molecular complexity index is 379. The number of carbonyl (C=O) groups excluding carboxylic acids is 2. The number of pyridine rings is 1. The van der Waals surface area contributed by atoms with Crippen LogP contribution in [0, 0.1) is 5.41 Å². The molecule has 0 aliphatic rings. The maximum atomic E-state index is 11.6. The molecular formula is C12H15NO3. The highest BCUT2D eigenvalue weighted by Gasteiger charge is 2.23. The summed E-state index contributed by atoms with van der Waals surface area (Å²) in [5.74, 6) is -0.629. The van der Waals surface area contributed by atoms with Gasteiger partial charge in [0.15, 0.2) is 6.61 Å². The number of aromatic nitrogens is 1. The van der Waals surface area contributed by atoms with Crippen LogP contribution in [0.25, 0.3) is 0 Å². The molecule has 0 fully saturated rings. The van der Waals surface area contributed by atoms with Crippen molar-refractivity contribution in [3.05, 3.63) is 30.1 Å². The van der Waals surface area contributed by atoms with Crippen molar-refractivity contribution in [2.75, 3.05) is 6.61 Å². The molecule has 0 amide bonds. The van der Waals surface area contributed by atoms with Gasteiger partial charge in [0, 0.05) is 18.0 Å². The molecule has 0 saturated carbocycles. The van der Waals surface area contributed by atoms with Gasteiger partial charge in [0.05, 0.1) is 5.41 Å². The van der Waals surface area contributed by atoms with Gasteiger partial charge in [0.1, 0.15) is 0 Å². The molecular weight excluding hydrogens is 206 g/mol. The summed E-state index contributed by atoms with van der Waals surface area (Å²) in [5, 5.41) is 0. The fourth-order valence-corrected chi connectivity index (χ4v) is 0.959. The van der Waals surface area contributed by atoms with Gasteiger partial charge < -0.3 is 4.74 Å². The lowest BCUT2D eigenvalue weighted by Gasteiger charge is -2.15. The number of esters is 1. The molecule has 1 heterocycles. The van der Waals surface area contributed by atoms with E-state index >= 15 is 0 Å². The lowest BCUT2D eigenvalue weighted by Crippen LogP contribution is -2.25. The Kier molecular flexibility index (Phi) is 3.77. The van der Waals surface area contributed by atoms with Gasteiger partial charge >= 0.3 is 5.97 Å². The van der Waals surface area contributed by atoms with Gasteiger partial charge in [-0.3, -0.25) is 14.6 Å². The molecule has 0 unspecified atom stereocenters. The molecule has 0 atom stereocenters. The number of hydrogen-bond acceptors (Lipinski definition) is 4. The summed E-state index contributed by atoms with van der Waals surface area (Å²) in [7, 11) is 0. The van der Waals surface area contributed by atoms with E-state index in [1.54, 1.807) is 39.1 Å². The van der Waals surface area contributed by atoms with Crippen LogP contribution in [0.3, 0.4) is 0 Å². The topological polar surface area (TPSA) is 56.3 Å². The molecule has 0 spiro atoms. The van der Waals surface area contributed by atoms with Crippen LogP contribution < -0.4 is 0 Å². The highest BCUT2D eigenvalue weighted by molar-refractivity contribution is 5.97. The molecule has 0 radical (unpaired) electrons. The summed E-state index contributed by atoms with van der Waals surface area (Å²) in [5.41, 5.74) is -0.140. The predicted octanol–water partition coefficient (Wildman–Crippen LogP) is 1.85. The minimum atomic E-state index is -0.588. The van der Waals surface area contributed by atoms with E-state index in [1.165, 1.54) is 6.20 Å². The zero-order valence-electron chi connectivity index (χ0n) is 9.69. The smallest absolute Gasteiger partial charge is 0.311 e. The second kappa shape index (κ2) is 4.88. The molecule has 0 N–H and O–H groups in total. The first-order valence-electron chi connectivity index (χ1n) is 5.02. The maximum Gasteiger partial charge on any atom is 0.311 e. The van der Waals surface area contributed by atoms with Gasteiger partial charge in [-0.25, -0.2) is 0 Å². The Morgan fingerprint density at radius 1 is 1.38 bits per heavy atom. The van der Waals surface area contributed by atoms with E-state index in [0.717, 1.165) is 0 Å². The van der Waals surface area contributed by atoms with Crippen LogP contribution in [0.1, 0.15) is 31.1 Å². The molecule has 0 aromatic carbocycles. The number of hydrogen-bond donors (Lipinski definition) is 0. The summed E-state index contributed by atoms with van der Waals surface area (Å²) < 4.78 is 4.91. The summed E-state index contributed by atoms with van der Waals surface area (Å²) in [6, 6.07) is 3.30. The molecule has 86 valence electrons. The third-order valence-corrected chi connectivity index (χ3v) is 1.93. The van der Waals surface area contributed by atoms with Crippen molar-refractivity contribution in [3.63, 3.8) is 0 Å². The van der Waals surface area contributed by atoms with Crippen molar-refractivity contribution in [1.29, 1.82) is 0 Å². The van der Waals surface area contributed by atoms with Crippen molar-refractivity contribution in [2.45, 2.75) is 20.8 Å². The Hall–Kier alpha value is -1.71. The fourth-order valence-electron chi connectivity index (χ4n) is 0.959. The van der Waals surface area contributed by atoms with E-state index in [-0.39, 0.29) is 18.4 Å². The molecule has 4 nitrogen and oxygen atoms in total. The van der Waals surface area contributed by atoms with Crippen LogP contribution in [0.2, 0.25) is 0 Å². The lowest BCUT2D eigenvalue weighted by molar-refractivity contribution is -0.151. The monoisotopic (exact) mass is 221 g/mol. The van der Waals surface area contributed by atoms with Gasteiger partial charge in [-0.1, -0.05) is 0 Å². The lowest BCUT2D eigenvalue weighted by atomic mass is 9.97. The number of ketones is 1. The van der Waals surface area contributed by atoms with Crippen LogP contribution in [0.4, 0.5) is 0 Å². The summed E-state index contributed by atoms with van der Waals surface area (Å²) in [4.78, 5) is 26.8. The molecule has 0 bridgehead atoms. The number of ether oxygens (including phenoxy) is 1. The number of rotatable bonds is 3. The minimum Gasteiger partial charge on any atom is -0.457 e. The molecule has 4 heteroatoms. The zero-order valence-corrected chi connectivity index (χ0v) is 9.69. The fraction of sp³-hybridized carbons (Fsp3) is 0.417. The number of Topliss-reactive ketones (excluding diaryl/α,β-unsaturated/α-hetero) is 1.